The molecule has 27 heavy (non-hydrogen) atoms. The molecule has 144 valence electrons. The third-order valence-corrected chi connectivity index (χ3v) is 6.15. The van der Waals surface area contributed by atoms with Crippen LogP contribution in [0.4, 0.5) is 16.2 Å². The lowest BCUT2D eigenvalue weighted by molar-refractivity contribution is -0.149. The third kappa shape index (κ3) is 2.89. The predicted molar refractivity (Wildman–Crippen MR) is 97.9 cm³/mol. The molecule has 0 aromatic heterocycles. The molecule has 4 rings (SSSR count). The first-order valence-electron chi connectivity index (χ1n) is 9.23. The molecule has 8 heteroatoms. The van der Waals surface area contributed by atoms with Crippen LogP contribution >= 0.6 is 0 Å². The van der Waals surface area contributed by atoms with Crippen LogP contribution in [-0.2, 0) is 16.0 Å². The number of hydrogen-bond donors (Lipinski definition) is 3. The van der Waals surface area contributed by atoms with Crippen LogP contribution in [0, 0.1) is 11.3 Å². The van der Waals surface area contributed by atoms with Gasteiger partial charge in [0, 0.05) is 25.2 Å². The second kappa shape index (κ2) is 6.44. The van der Waals surface area contributed by atoms with E-state index < -0.39 is 11.4 Å². The fraction of sp³-hybridized carbons (Fsp3) is 0.526. The Morgan fingerprint density at radius 1 is 1.37 bits per heavy atom. The molecule has 0 unspecified atom stereocenters. The fourth-order valence-corrected chi connectivity index (χ4v) is 4.66. The van der Waals surface area contributed by atoms with E-state index in [4.69, 9.17) is 4.74 Å². The number of ether oxygens (including phenoxy) is 1. The number of methoxy groups -OCH3 is 1. The summed E-state index contributed by atoms with van der Waals surface area (Å²) < 4.78 is 5.39. The quantitative estimate of drug-likeness (QED) is 0.753. The highest BCUT2D eigenvalue weighted by Gasteiger charge is 2.55. The van der Waals surface area contributed by atoms with Crippen LogP contribution in [0.25, 0.3) is 0 Å². The summed E-state index contributed by atoms with van der Waals surface area (Å²) in [7, 11) is 1.53. The molecular weight excluding hydrogens is 350 g/mol. The average molecular weight is 373 g/mol. The number of benzene rings is 1. The van der Waals surface area contributed by atoms with E-state index in [1.54, 1.807) is 11.0 Å². The number of fused-ring (bicyclic) bond motifs is 2. The minimum atomic E-state index is -0.814. The van der Waals surface area contributed by atoms with E-state index in [-0.39, 0.29) is 24.4 Å². The van der Waals surface area contributed by atoms with Crippen LogP contribution < -0.4 is 15.4 Å². The lowest BCUT2D eigenvalue weighted by Crippen LogP contribution is -2.38. The molecule has 0 spiro atoms. The standard InChI is InChI=1S/C19H23N3O5/c1-27-15-7-11-4-5-16(23)20-13(11)8-14(15)21-18(26)22-9-12-3-2-6-19(12,10-22)17(24)25/h7-8,12H,2-6,9-10H2,1H3,(H,20,23)(H,21,26)(H,24,25)/t12-,19+/m0/s1. The van der Waals surface area contributed by atoms with Gasteiger partial charge in [0.2, 0.25) is 5.91 Å². The molecule has 2 fully saturated rings. The minimum Gasteiger partial charge on any atom is -0.495 e. The fourth-order valence-electron chi connectivity index (χ4n) is 4.66. The molecule has 1 aromatic rings. The second-order valence-electron chi connectivity index (χ2n) is 7.62. The van der Waals surface area contributed by atoms with Crippen molar-refractivity contribution in [3.63, 3.8) is 0 Å². The number of amides is 3. The summed E-state index contributed by atoms with van der Waals surface area (Å²) in [5, 5.41) is 15.3. The SMILES string of the molecule is COc1cc2c(cc1NC(=O)N1C[C@@H]3CCC[C@@]3(C(=O)O)C1)NC(=O)CC2. The lowest BCUT2D eigenvalue weighted by atomic mass is 9.81. The van der Waals surface area contributed by atoms with Crippen LogP contribution in [0.5, 0.6) is 5.75 Å². The van der Waals surface area contributed by atoms with Crippen molar-refractivity contribution in [3.05, 3.63) is 17.7 Å². The Morgan fingerprint density at radius 3 is 2.89 bits per heavy atom. The van der Waals surface area contributed by atoms with E-state index in [9.17, 15) is 19.5 Å². The third-order valence-electron chi connectivity index (χ3n) is 6.15. The first kappa shape index (κ1) is 17.6. The number of anilines is 2. The van der Waals surface area contributed by atoms with Crippen LogP contribution in [-0.4, -0.2) is 48.1 Å². The van der Waals surface area contributed by atoms with Gasteiger partial charge in [-0.15, -0.1) is 0 Å². The number of carboxylic acid groups (broad SMARTS) is 1. The van der Waals surface area contributed by atoms with Gasteiger partial charge in [-0.3, -0.25) is 9.59 Å². The van der Waals surface area contributed by atoms with Crippen molar-refractivity contribution in [2.45, 2.75) is 32.1 Å². The second-order valence-corrected chi connectivity index (χ2v) is 7.62. The summed E-state index contributed by atoms with van der Waals surface area (Å²) in [6.07, 6.45) is 3.40. The maximum Gasteiger partial charge on any atom is 0.321 e. The van der Waals surface area contributed by atoms with E-state index in [1.807, 2.05) is 6.07 Å². The Balaban J connectivity index is 1.54. The monoisotopic (exact) mass is 373 g/mol. The van der Waals surface area contributed by atoms with Gasteiger partial charge in [0.15, 0.2) is 0 Å². The molecule has 1 aromatic carbocycles. The number of urea groups is 1. The van der Waals surface area contributed by atoms with Crippen LogP contribution in [0.15, 0.2) is 12.1 Å². The molecule has 0 bridgehead atoms. The van der Waals surface area contributed by atoms with Crippen molar-refractivity contribution < 1.29 is 24.2 Å². The maximum atomic E-state index is 12.8. The first-order chi connectivity index (χ1) is 12.9. The first-order valence-corrected chi connectivity index (χ1v) is 9.23. The molecule has 8 nitrogen and oxygen atoms in total. The van der Waals surface area contributed by atoms with E-state index >= 15 is 0 Å². The highest BCUT2D eigenvalue weighted by molar-refractivity contribution is 5.97. The molecule has 3 amide bonds. The Labute approximate surface area is 156 Å². The number of carboxylic acids is 1. The number of hydrogen-bond acceptors (Lipinski definition) is 4. The normalized spacial score (nSPS) is 26.2. The number of aryl methyl sites for hydroxylation is 1. The van der Waals surface area contributed by atoms with E-state index in [0.29, 0.717) is 42.9 Å². The minimum absolute atomic E-state index is 0.00506. The molecule has 2 atom stereocenters. The van der Waals surface area contributed by atoms with Gasteiger partial charge in [-0.25, -0.2) is 4.79 Å². The maximum absolute atomic E-state index is 12.8. The van der Waals surface area contributed by atoms with Gasteiger partial charge in [-0.2, -0.15) is 0 Å². The number of carbonyl (C=O) groups is 3. The zero-order chi connectivity index (χ0) is 19.2. The van der Waals surface area contributed by atoms with Gasteiger partial charge in [-0.1, -0.05) is 6.42 Å². The number of aliphatic carboxylic acids is 1. The number of likely N-dealkylation sites (tertiary alicyclic amines) is 1. The van der Waals surface area contributed by atoms with Crippen LogP contribution in [0.2, 0.25) is 0 Å². The average Bonchev–Trinajstić information content (AvgIpc) is 3.19. The van der Waals surface area contributed by atoms with E-state index in [1.165, 1.54) is 7.11 Å². The molecule has 0 radical (unpaired) electrons. The van der Waals surface area contributed by atoms with Crippen molar-refractivity contribution in [1.82, 2.24) is 4.90 Å². The van der Waals surface area contributed by atoms with Crippen molar-refractivity contribution in [2.24, 2.45) is 11.3 Å². The van der Waals surface area contributed by atoms with Crippen molar-refractivity contribution in [3.8, 4) is 5.75 Å². The van der Waals surface area contributed by atoms with Gasteiger partial charge in [0.25, 0.3) is 0 Å². The van der Waals surface area contributed by atoms with Gasteiger partial charge in [-0.05, 0) is 42.9 Å². The zero-order valence-electron chi connectivity index (χ0n) is 15.2. The summed E-state index contributed by atoms with van der Waals surface area (Å²) in [4.78, 5) is 37.8. The molecule has 1 aliphatic carbocycles. The molecule has 2 aliphatic heterocycles. The van der Waals surface area contributed by atoms with Gasteiger partial charge in [0.1, 0.15) is 5.75 Å². The van der Waals surface area contributed by atoms with Gasteiger partial charge in [0.05, 0.1) is 18.2 Å². The molecule has 1 saturated heterocycles. The smallest absolute Gasteiger partial charge is 0.321 e. The van der Waals surface area contributed by atoms with E-state index in [0.717, 1.165) is 18.4 Å². The molecular formula is C19H23N3O5. The number of nitrogens with zero attached hydrogens (tertiary/aromatic N) is 1. The highest BCUT2D eigenvalue weighted by atomic mass is 16.5. The summed E-state index contributed by atoms with van der Waals surface area (Å²) in [6, 6.07) is 3.18. The topological polar surface area (TPSA) is 108 Å². The molecule has 3 aliphatic rings. The number of nitrogens with one attached hydrogen (secondary N) is 2. The Bertz CT molecular complexity index is 824. The Kier molecular flexibility index (Phi) is 4.20. The summed E-state index contributed by atoms with van der Waals surface area (Å²) in [6.45, 7) is 0.672. The number of carbonyl (C=O) groups excluding carboxylic acids is 2. The Hall–Kier alpha value is -2.77. The van der Waals surface area contributed by atoms with Crippen molar-refractivity contribution in [2.75, 3.05) is 30.8 Å². The predicted octanol–water partition coefficient (Wildman–Crippen LogP) is 2.30. The van der Waals surface area contributed by atoms with E-state index in [2.05, 4.69) is 10.6 Å². The summed E-state index contributed by atoms with van der Waals surface area (Å²) in [5.41, 5.74) is 1.28. The number of rotatable bonds is 3. The summed E-state index contributed by atoms with van der Waals surface area (Å²) >= 11 is 0. The lowest BCUT2D eigenvalue weighted by Gasteiger charge is -2.24. The molecule has 2 heterocycles. The van der Waals surface area contributed by atoms with Gasteiger partial charge >= 0.3 is 12.0 Å². The summed E-state index contributed by atoms with van der Waals surface area (Å²) in [5.74, 6) is -0.342. The van der Waals surface area contributed by atoms with Crippen LogP contribution in [0.3, 0.4) is 0 Å². The molecule has 1 saturated carbocycles. The van der Waals surface area contributed by atoms with Crippen molar-refractivity contribution >= 4 is 29.3 Å². The molecule has 3 N–H and O–H groups in total. The highest BCUT2D eigenvalue weighted by Crippen LogP contribution is 2.49. The Morgan fingerprint density at radius 2 is 2.19 bits per heavy atom. The van der Waals surface area contributed by atoms with Gasteiger partial charge < -0.3 is 25.4 Å². The zero-order valence-corrected chi connectivity index (χ0v) is 15.2. The van der Waals surface area contributed by atoms with Crippen LogP contribution in [0.1, 0.15) is 31.2 Å². The largest absolute Gasteiger partial charge is 0.495 e. The van der Waals surface area contributed by atoms with Crippen molar-refractivity contribution in [1.29, 1.82) is 0 Å².